The lowest BCUT2D eigenvalue weighted by Crippen LogP contribution is -2.58. The topological polar surface area (TPSA) is 80.0 Å². The van der Waals surface area contributed by atoms with Gasteiger partial charge in [-0.15, -0.1) is 0 Å². The average molecular weight is 328 g/mol. The maximum atomic E-state index is 14.4. The van der Waals surface area contributed by atoms with E-state index in [0.29, 0.717) is 12.8 Å². The van der Waals surface area contributed by atoms with Crippen LogP contribution in [0.3, 0.4) is 0 Å². The van der Waals surface area contributed by atoms with Gasteiger partial charge in [-0.05, 0) is 37.8 Å². The number of hydrogen-bond donors (Lipinski definition) is 2. The van der Waals surface area contributed by atoms with Crippen molar-refractivity contribution in [1.29, 1.82) is 0 Å². The average Bonchev–Trinajstić information content (AvgIpc) is 2.47. The molecule has 0 aromatic heterocycles. The summed E-state index contributed by atoms with van der Waals surface area (Å²) in [4.78, 5) is 9.69. The van der Waals surface area contributed by atoms with Crippen molar-refractivity contribution in [2.75, 3.05) is 4.90 Å². The number of nitrogens with zero attached hydrogens (tertiary/aromatic N) is 3. The molecule has 1 saturated carbocycles. The SMILES string of the molecule is NC1=NC2(CCCCC2)N(c2c(Cl)ccc(F)c2F)C(N)=N1. The van der Waals surface area contributed by atoms with Crippen molar-refractivity contribution in [2.24, 2.45) is 21.5 Å². The van der Waals surface area contributed by atoms with Gasteiger partial charge in [0.15, 0.2) is 11.6 Å². The Labute approximate surface area is 131 Å². The highest BCUT2D eigenvalue weighted by Crippen LogP contribution is 2.43. The molecule has 4 N–H and O–H groups in total. The Morgan fingerprint density at radius 2 is 1.82 bits per heavy atom. The zero-order valence-electron chi connectivity index (χ0n) is 11.8. The highest BCUT2D eigenvalue weighted by molar-refractivity contribution is 6.34. The standard InChI is InChI=1S/C14H16ClF2N5/c15-8-4-5-9(16)10(17)11(8)22-13(19)20-12(18)21-14(22)6-2-1-3-7-14/h4-5H,1-3,6-7H2,(H4,18,19,20,21). The molecular formula is C14H16ClF2N5. The predicted molar refractivity (Wildman–Crippen MR) is 82.9 cm³/mol. The monoisotopic (exact) mass is 327 g/mol. The summed E-state index contributed by atoms with van der Waals surface area (Å²) in [5.41, 5.74) is 10.7. The van der Waals surface area contributed by atoms with Crippen molar-refractivity contribution in [3.8, 4) is 0 Å². The van der Waals surface area contributed by atoms with Crippen molar-refractivity contribution < 1.29 is 8.78 Å². The first-order valence-electron chi connectivity index (χ1n) is 7.08. The molecule has 1 aromatic rings. The van der Waals surface area contributed by atoms with Gasteiger partial charge in [-0.25, -0.2) is 13.8 Å². The molecule has 1 aliphatic carbocycles. The Kier molecular flexibility index (Phi) is 3.68. The van der Waals surface area contributed by atoms with Crippen molar-refractivity contribution in [3.05, 3.63) is 28.8 Å². The van der Waals surface area contributed by atoms with E-state index in [0.717, 1.165) is 25.3 Å². The molecule has 1 aromatic carbocycles. The molecule has 8 heteroatoms. The maximum Gasteiger partial charge on any atom is 0.220 e. The number of halogens is 3. The molecule has 0 amide bonds. The first-order chi connectivity index (χ1) is 10.4. The van der Waals surface area contributed by atoms with Crippen LogP contribution >= 0.6 is 11.6 Å². The lowest BCUT2D eigenvalue weighted by atomic mass is 9.87. The highest BCUT2D eigenvalue weighted by Gasteiger charge is 2.44. The Morgan fingerprint density at radius 1 is 1.14 bits per heavy atom. The smallest absolute Gasteiger partial charge is 0.220 e. The van der Waals surface area contributed by atoms with Gasteiger partial charge in [0, 0.05) is 0 Å². The zero-order valence-corrected chi connectivity index (χ0v) is 12.6. The normalized spacial score (nSPS) is 20.8. The van der Waals surface area contributed by atoms with Gasteiger partial charge in [0.1, 0.15) is 11.4 Å². The molecule has 0 saturated heterocycles. The van der Waals surface area contributed by atoms with Crippen LogP contribution in [0.5, 0.6) is 0 Å². The second kappa shape index (κ2) is 5.39. The third kappa shape index (κ3) is 2.29. The quantitative estimate of drug-likeness (QED) is 0.778. The molecule has 0 unspecified atom stereocenters. The van der Waals surface area contributed by atoms with Gasteiger partial charge >= 0.3 is 0 Å². The largest absolute Gasteiger partial charge is 0.369 e. The molecule has 0 atom stereocenters. The molecule has 1 aliphatic heterocycles. The van der Waals surface area contributed by atoms with Crippen LogP contribution in [0.15, 0.2) is 22.1 Å². The highest BCUT2D eigenvalue weighted by atomic mass is 35.5. The Hall–Kier alpha value is -1.89. The van der Waals surface area contributed by atoms with Crippen LogP contribution in [-0.2, 0) is 0 Å². The van der Waals surface area contributed by atoms with Crippen molar-refractivity contribution >= 4 is 29.2 Å². The second-order valence-corrected chi connectivity index (χ2v) is 5.92. The van der Waals surface area contributed by atoms with Crippen LogP contribution in [0.25, 0.3) is 0 Å². The molecule has 5 nitrogen and oxygen atoms in total. The fraction of sp³-hybridized carbons (Fsp3) is 0.429. The van der Waals surface area contributed by atoms with E-state index >= 15 is 0 Å². The molecule has 2 aliphatic rings. The summed E-state index contributed by atoms with van der Waals surface area (Å²) in [5.74, 6) is -2.05. The summed E-state index contributed by atoms with van der Waals surface area (Å²) < 4.78 is 28.0. The molecule has 0 bridgehead atoms. The lowest BCUT2D eigenvalue weighted by Gasteiger charge is -2.45. The number of anilines is 1. The van der Waals surface area contributed by atoms with Gasteiger partial charge < -0.3 is 11.5 Å². The number of rotatable bonds is 1. The predicted octanol–water partition coefficient (Wildman–Crippen LogP) is 2.73. The van der Waals surface area contributed by atoms with Gasteiger partial charge in [-0.3, -0.25) is 4.90 Å². The number of hydrogen-bond acceptors (Lipinski definition) is 5. The van der Waals surface area contributed by atoms with Gasteiger partial charge in [-0.1, -0.05) is 18.0 Å². The molecule has 1 spiro atoms. The first kappa shape index (κ1) is 15.0. The van der Waals surface area contributed by atoms with Crippen molar-refractivity contribution in [1.82, 2.24) is 0 Å². The van der Waals surface area contributed by atoms with E-state index in [1.54, 1.807) is 0 Å². The minimum absolute atomic E-state index is 0.0270. The Morgan fingerprint density at radius 3 is 2.50 bits per heavy atom. The maximum absolute atomic E-state index is 14.4. The molecule has 1 fully saturated rings. The minimum Gasteiger partial charge on any atom is -0.369 e. The van der Waals surface area contributed by atoms with Crippen molar-refractivity contribution in [2.45, 2.75) is 37.8 Å². The summed E-state index contributed by atoms with van der Waals surface area (Å²) >= 11 is 6.10. The van der Waals surface area contributed by atoms with E-state index in [-0.39, 0.29) is 22.6 Å². The minimum atomic E-state index is -1.06. The third-order valence-corrected chi connectivity index (χ3v) is 4.40. The first-order valence-corrected chi connectivity index (χ1v) is 7.46. The number of guanidine groups is 2. The van der Waals surface area contributed by atoms with Gasteiger partial charge in [-0.2, -0.15) is 4.99 Å². The number of nitrogens with two attached hydrogens (primary N) is 2. The van der Waals surface area contributed by atoms with Crippen LogP contribution in [0.4, 0.5) is 14.5 Å². The third-order valence-electron chi connectivity index (χ3n) is 4.09. The molecular weight excluding hydrogens is 312 g/mol. The molecule has 0 radical (unpaired) electrons. The van der Waals surface area contributed by atoms with E-state index < -0.39 is 17.3 Å². The van der Waals surface area contributed by atoms with E-state index in [9.17, 15) is 8.78 Å². The fourth-order valence-corrected chi connectivity index (χ4v) is 3.40. The van der Waals surface area contributed by atoms with E-state index in [1.165, 1.54) is 11.0 Å². The van der Waals surface area contributed by atoms with Crippen LogP contribution in [-0.4, -0.2) is 17.6 Å². The summed E-state index contributed by atoms with van der Waals surface area (Å²) in [6.07, 6.45) is 4.05. The van der Waals surface area contributed by atoms with E-state index in [1.807, 2.05) is 0 Å². The molecule has 22 heavy (non-hydrogen) atoms. The summed E-state index contributed by atoms with van der Waals surface area (Å²) in [7, 11) is 0. The van der Waals surface area contributed by atoms with Crippen LogP contribution in [0.2, 0.25) is 5.02 Å². The van der Waals surface area contributed by atoms with Gasteiger partial charge in [0.25, 0.3) is 0 Å². The van der Waals surface area contributed by atoms with Crippen molar-refractivity contribution in [3.63, 3.8) is 0 Å². The fourth-order valence-electron chi connectivity index (χ4n) is 3.17. The van der Waals surface area contributed by atoms with Crippen LogP contribution < -0.4 is 16.4 Å². The second-order valence-electron chi connectivity index (χ2n) is 5.51. The summed E-state index contributed by atoms with van der Waals surface area (Å²) in [6, 6.07) is 2.27. The van der Waals surface area contributed by atoms with Gasteiger partial charge in [0.05, 0.1) is 5.02 Å². The molecule has 118 valence electrons. The lowest BCUT2D eigenvalue weighted by molar-refractivity contribution is 0.303. The van der Waals surface area contributed by atoms with E-state index in [2.05, 4.69) is 9.98 Å². The number of benzene rings is 1. The molecule has 3 rings (SSSR count). The Balaban J connectivity index is 2.19. The Bertz CT molecular complexity index is 667. The van der Waals surface area contributed by atoms with Crippen LogP contribution in [0, 0.1) is 11.6 Å². The summed E-state index contributed by atoms with van der Waals surface area (Å²) in [5, 5.41) is 0.0534. The van der Waals surface area contributed by atoms with Gasteiger partial charge in [0.2, 0.25) is 11.9 Å². The summed E-state index contributed by atoms with van der Waals surface area (Å²) in [6.45, 7) is 0. The van der Waals surface area contributed by atoms with Crippen LogP contribution in [0.1, 0.15) is 32.1 Å². The number of aliphatic imine (C=N–C) groups is 2. The zero-order chi connectivity index (χ0) is 15.9. The molecule has 1 heterocycles. The van der Waals surface area contributed by atoms with E-state index in [4.69, 9.17) is 23.1 Å².